The van der Waals surface area contributed by atoms with Crippen LogP contribution in [0.4, 0.5) is 0 Å². The standard InChI is InChI=1S/C39H54O17/c1-19(2)13-28(43)49-17-30(45)54-26-12-11-25(16-48-10)15-27-39(47,21(5)36(46)55-27)35(53-24(8)42)32-37(26,9)33(52-23(7)41)31(51-22(6)40)34(38(32)18-50-38)56-29(44)14-20(3)4/h11-12,15,19-21,26-27,31-35,47H,13-14,16-18H2,1-10H3/b12-11-,25-15+/t21-,26-,27-,31+,32+,33-,34+,35-,37+,38-,39-/m0/s1. The molecule has 17 heteroatoms. The minimum atomic E-state index is -2.42. The van der Waals surface area contributed by atoms with Gasteiger partial charge < -0.3 is 47.7 Å². The Hall–Kier alpha value is -4.35. The summed E-state index contributed by atoms with van der Waals surface area (Å²) in [6, 6.07) is 0. The number of rotatable bonds is 13. The van der Waals surface area contributed by atoms with Gasteiger partial charge in [-0.2, -0.15) is 0 Å². The molecule has 0 aromatic heterocycles. The van der Waals surface area contributed by atoms with Crippen LogP contribution >= 0.6 is 0 Å². The summed E-state index contributed by atoms with van der Waals surface area (Å²) in [4.78, 5) is 92.2. The van der Waals surface area contributed by atoms with Gasteiger partial charge in [0, 0.05) is 46.6 Å². The van der Waals surface area contributed by atoms with E-state index in [0.717, 1.165) is 20.8 Å². The van der Waals surface area contributed by atoms with Crippen molar-refractivity contribution in [1.82, 2.24) is 0 Å². The zero-order valence-corrected chi connectivity index (χ0v) is 33.5. The van der Waals surface area contributed by atoms with Gasteiger partial charge in [-0.1, -0.05) is 40.7 Å². The van der Waals surface area contributed by atoms with Gasteiger partial charge in [0.25, 0.3) is 0 Å². The van der Waals surface area contributed by atoms with Crippen molar-refractivity contribution in [3.8, 4) is 0 Å². The van der Waals surface area contributed by atoms with Crippen molar-refractivity contribution < 1.29 is 81.3 Å². The number of ether oxygens (including phenoxy) is 9. The normalized spacial score (nSPS) is 36.2. The molecule has 0 amide bonds. The van der Waals surface area contributed by atoms with Crippen LogP contribution in [0.2, 0.25) is 0 Å². The van der Waals surface area contributed by atoms with Crippen LogP contribution in [0.3, 0.4) is 0 Å². The van der Waals surface area contributed by atoms with Gasteiger partial charge in [-0.3, -0.25) is 28.8 Å². The maximum atomic E-state index is 13.7. The lowest BCUT2D eigenvalue weighted by Crippen LogP contribution is -2.76. The summed E-state index contributed by atoms with van der Waals surface area (Å²) in [7, 11) is 1.39. The fourth-order valence-electron chi connectivity index (χ4n) is 8.14. The van der Waals surface area contributed by atoms with Gasteiger partial charge in [-0.15, -0.1) is 0 Å². The lowest BCUT2D eigenvalue weighted by Gasteiger charge is -2.59. The molecule has 2 aliphatic heterocycles. The molecule has 4 aliphatic rings. The van der Waals surface area contributed by atoms with E-state index in [4.69, 9.17) is 42.6 Å². The van der Waals surface area contributed by atoms with Crippen molar-refractivity contribution in [3.05, 3.63) is 23.8 Å². The second-order valence-electron chi connectivity index (χ2n) is 15.9. The lowest BCUT2D eigenvalue weighted by molar-refractivity contribution is -0.279. The number of carbonyl (C=O) groups is 7. The summed E-state index contributed by atoms with van der Waals surface area (Å²) in [6.45, 7) is 12.0. The molecule has 0 aromatic carbocycles. The highest BCUT2D eigenvalue weighted by Crippen LogP contribution is 2.63. The topological polar surface area (TPSA) is 226 Å². The van der Waals surface area contributed by atoms with Crippen LogP contribution in [-0.2, 0) is 76.2 Å². The van der Waals surface area contributed by atoms with Gasteiger partial charge in [0.2, 0.25) is 0 Å². The fraction of sp³-hybridized carbons (Fsp3) is 0.718. The Kier molecular flexibility index (Phi) is 13.8. The van der Waals surface area contributed by atoms with Crippen LogP contribution in [-0.4, -0.2) is 122 Å². The summed E-state index contributed by atoms with van der Waals surface area (Å²) in [5.74, 6) is -9.19. The third-order valence-electron chi connectivity index (χ3n) is 10.6. The van der Waals surface area contributed by atoms with Crippen LogP contribution in [0.1, 0.15) is 75.2 Å². The Labute approximate surface area is 325 Å². The van der Waals surface area contributed by atoms with Gasteiger partial charge in [-0.05, 0) is 36.5 Å². The van der Waals surface area contributed by atoms with Crippen molar-refractivity contribution >= 4 is 41.8 Å². The molecule has 0 unspecified atom stereocenters. The van der Waals surface area contributed by atoms with E-state index in [2.05, 4.69) is 0 Å². The van der Waals surface area contributed by atoms with Gasteiger partial charge in [0.05, 0.1) is 24.5 Å². The number of carbonyl (C=O) groups excluding carboxylic acids is 7. The van der Waals surface area contributed by atoms with Crippen LogP contribution in [0.5, 0.6) is 0 Å². The molecule has 1 saturated carbocycles. The molecule has 4 rings (SSSR count). The lowest BCUT2D eigenvalue weighted by atomic mass is 9.51. The van der Waals surface area contributed by atoms with Crippen molar-refractivity contribution in [2.24, 2.45) is 29.1 Å². The second kappa shape index (κ2) is 17.4. The number of methoxy groups -OCH3 is 1. The van der Waals surface area contributed by atoms with Gasteiger partial charge >= 0.3 is 41.8 Å². The monoisotopic (exact) mass is 794 g/mol. The molecule has 2 saturated heterocycles. The molecule has 2 heterocycles. The molecule has 56 heavy (non-hydrogen) atoms. The highest BCUT2D eigenvalue weighted by molar-refractivity contribution is 5.78. The summed E-state index contributed by atoms with van der Waals surface area (Å²) in [6.07, 6.45) is -5.63. The summed E-state index contributed by atoms with van der Waals surface area (Å²) < 4.78 is 52.6. The van der Waals surface area contributed by atoms with E-state index in [1.165, 1.54) is 39.2 Å². The molecule has 312 valence electrons. The van der Waals surface area contributed by atoms with E-state index in [0.29, 0.717) is 5.57 Å². The number of esters is 7. The molecular formula is C39H54O17. The first-order valence-corrected chi connectivity index (χ1v) is 18.6. The van der Waals surface area contributed by atoms with Crippen LogP contribution in [0.25, 0.3) is 0 Å². The molecule has 2 aliphatic carbocycles. The summed E-state index contributed by atoms with van der Waals surface area (Å²) in [5, 5.41) is 13.0. The summed E-state index contributed by atoms with van der Waals surface area (Å²) in [5.41, 5.74) is -5.90. The van der Waals surface area contributed by atoms with Crippen molar-refractivity contribution in [2.75, 3.05) is 26.9 Å². The van der Waals surface area contributed by atoms with Gasteiger partial charge in [0.1, 0.15) is 17.8 Å². The van der Waals surface area contributed by atoms with Crippen molar-refractivity contribution in [2.45, 2.75) is 123 Å². The van der Waals surface area contributed by atoms with Crippen LogP contribution in [0, 0.1) is 29.1 Å². The Morgan fingerprint density at radius 1 is 0.839 bits per heavy atom. The SMILES string of the molecule is COCC1=C/[C@@H]2OC(=O)[C@H](C)[C@@]2(O)[C@@H](OC(C)=O)[C@H]2[C@@]3(CO3)[C@H](OC(=O)CC(C)C)[C@H](OC(C)=O)[C@H](OC(C)=O)[C@]2(C)[C@@H](OC(=O)COC(=O)CC(C)C)/C=C\1. The van der Waals surface area contributed by atoms with Crippen molar-refractivity contribution in [1.29, 1.82) is 0 Å². The van der Waals surface area contributed by atoms with Gasteiger partial charge in [0.15, 0.2) is 36.6 Å². The largest absolute Gasteiger partial charge is 0.459 e. The van der Waals surface area contributed by atoms with E-state index in [-0.39, 0.29) is 37.9 Å². The number of hydrogen-bond donors (Lipinski definition) is 1. The van der Waals surface area contributed by atoms with Crippen LogP contribution < -0.4 is 0 Å². The quantitative estimate of drug-likeness (QED) is 0.160. The summed E-state index contributed by atoms with van der Waals surface area (Å²) >= 11 is 0. The smallest absolute Gasteiger partial charge is 0.344 e. The number of epoxide rings is 1. The Bertz CT molecular complexity index is 1610. The minimum Gasteiger partial charge on any atom is -0.459 e. The van der Waals surface area contributed by atoms with Gasteiger partial charge in [-0.25, -0.2) is 4.79 Å². The fourth-order valence-corrected chi connectivity index (χ4v) is 8.14. The Morgan fingerprint density at radius 2 is 1.41 bits per heavy atom. The average Bonchev–Trinajstić information content (AvgIpc) is 3.83. The highest BCUT2D eigenvalue weighted by Gasteiger charge is 2.81. The first-order chi connectivity index (χ1) is 26.1. The predicted octanol–water partition coefficient (Wildman–Crippen LogP) is 2.08. The van der Waals surface area contributed by atoms with E-state index in [1.807, 2.05) is 0 Å². The number of aliphatic hydroxyl groups is 1. The Balaban J connectivity index is 2.10. The molecule has 3 fully saturated rings. The molecule has 11 atom stereocenters. The number of hydrogen-bond acceptors (Lipinski definition) is 17. The molecule has 17 nitrogen and oxygen atoms in total. The molecule has 0 radical (unpaired) electrons. The maximum Gasteiger partial charge on any atom is 0.344 e. The molecule has 1 N–H and O–H groups in total. The third kappa shape index (κ3) is 9.10. The predicted molar refractivity (Wildman–Crippen MR) is 190 cm³/mol. The maximum absolute atomic E-state index is 13.7. The third-order valence-corrected chi connectivity index (χ3v) is 10.6. The first-order valence-electron chi connectivity index (χ1n) is 18.6. The highest BCUT2D eigenvalue weighted by atomic mass is 16.7. The molecule has 0 bridgehead atoms. The zero-order chi connectivity index (χ0) is 41.9. The molecule has 1 spiro atoms. The first kappa shape index (κ1) is 44.4. The minimum absolute atomic E-state index is 0.0136. The van der Waals surface area contributed by atoms with E-state index < -0.39 is 113 Å². The number of fused-ring (bicyclic) bond motifs is 3. The van der Waals surface area contributed by atoms with Crippen LogP contribution in [0.15, 0.2) is 23.8 Å². The second-order valence-corrected chi connectivity index (χ2v) is 15.9. The average molecular weight is 795 g/mol. The molecular weight excluding hydrogens is 740 g/mol. The Morgan fingerprint density at radius 3 is 1.95 bits per heavy atom. The van der Waals surface area contributed by atoms with E-state index in [9.17, 15) is 38.7 Å². The zero-order valence-electron chi connectivity index (χ0n) is 33.5. The van der Waals surface area contributed by atoms with E-state index in [1.54, 1.807) is 27.7 Å². The van der Waals surface area contributed by atoms with Crippen molar-refractivity contribution in [3.63, 3.8) is 0 Å². The van der Waals surface area contributed by atoms with E-state index >= 15 is 0 Å². The molecule has 0 aromatic rings.